The maximum Gasteiger partial charge on any atom is 0.119 e. The zero-order valence-corrected chi connectivity index (χ0v) is 11.5. The van der Waals surface area contributed by atoms with E-state index in [2.05, 4.69) is 24.4 Å². The molecule has 0 spiro atoms. The smallest absolute Gasteiger partial charge is 0.119 e. The predicted molar refractivity (Wildman–Crippen MR) is 75.1 cm³/mol. The van der Waals surface area contributed by atoms with Gasteiger partial charge in [0.05, 0.1) is 6.61 Å². The number of aryl methyl sites for hydroxylation is 1. The molecule has 18 heavy (non-hydrogen) atoms. The zero-order chi connectivity index (χ0) is 13.2. The van der Waals surface area contributed by atoms with Gasteiger partial charge in [0.2, 0.25) is 0 Å². The van der Waals surface area contributed by atoms with E-state index in [0.29, 0.717) is 12.6 Å². The van der Waals surface area contributed by atoms with E-state index in [1.165, 1.54) is 5.56 Å². The number of hydrogen-bond acceptors (Lipinski definition) is 3. The third-order valence-corrected chi connectivity index (χ3v) is 3.10. The van der Waals surface area contributed by atoms with Gasteiger partial charge in [-0.15, -0.1) is 0 Å². The molecule has 0 radical (unpaired) electrons. The molecule has 0 saturated heterocycles. The van der Waals surface area contributed by atoms with E-state index in [1.807, 2.05) is 19.2 Å². The summed E-state index contributed by atoms with van der Waals surface area (Å²) in [6, 6.07) is 8.86. The summed E-state index contributed by atoms with van der Waals surface area (Å²) in [5.41, 5.74) is 1.35. The van der Waals surface area contributed by atoms with Crippen LogP contribution in [0.1, 0.15) is 31.7 Å². The lowest BCUT2D eigenvalue weighted by atomic mass is 10.1. The van der Waals surface area contributed by atoms with Crippen molar-refractivity contribution >= 4 is 0 Å². The van der Waals surface area contributed by atoms with Gasteiger partial charge in [0.1, 0.15) is 5.75 Å². The predicted octanol–water partition coefficient (Wildman–Crippen LogP) is 2.38. The first kappa shape index (κ1) is 15.0. The van der Waals surface area contributed by atoms with Crippen LogP contribution in [0.2, 0.25) is 0 Å². The van der Waals surface area contributed by atoms with Crippen LogP contribution in [0.5, 0.6) is 5.75 Å². The molecule has 0 amide bonds. The Balaban J connectivity index is 2.28. The second-order valence-electron chi connectivity index (χ2n) is 4.65. The van der Waals surface area contributed by atoms with Crippen LogP contribution in [0, 0.1) is 0 Å². The number of rotatable bonds is 9. The molecule has 0 aliphatic heterocycles. The maximum absolute atomic E-state index is 8.66. The zero-order valence-electron chi connectivity index (χ0n) is 11.5. The molecule has 0 heterocycles. The Bertz CT molecular complexity index is 311. The quantitative estimate of drug-likeness (QED) is 0.662. The first-order valence-electron chi connectivity index (χ1n) is 6.76. The van der Waals surface area contributed by atoms with Crippen molar-refractivity contribution in [3.8, 4) is 5.75 Å². The van der Waals surface area contributed by atoms with Crippen molar-refractivity contribution in [2.45, 2.75) is 38.6 Å². The molecular formula is C15H25NO2. The minimum absolute atomic E-state index is 0.242. The number of aliphatic hydroxyl groups is 1. The van der Waals surface area contributed by atoms with E-state index >= 15 is 0 Å². The second-order valence-corrected chi connectivity index (χ2v) is 4.65. The third kappa shape index (κ3) is 6.03. The van der Waals surface area contributed by atoms with Gasteiger partial charge in [-0.3, -0.25) is 0 Å². The van der Waals surface area contributed by atoms with E-state index in [0.717, 1.165) is 31.4 Å². The Morgan fingerprint density at radius 2 is 1.94 bits per heavy atom. The van der Waals surface area contributed by atoms with Crippen molar-refractivity contribution in [3.63, 3.8) is 0 Å². The van der Waals surface area contributed by atoms with Crippen molar-refractivity contribution in [1.82, 2.24) is 5.32 Å². The number of ether oxygens (including phenoxy) is 1. The van der Waals surface area contributed by atoms with Gasteiger partial charge in [-0.2, -0.15) is 0 Å². The summed E-state index contributed by atoms with van der Waals surface area (Å²) in [7, 11) is 1.99. The third-order valence-electron chi connectivity index (χ3n) is 3.10. The fourth-order valence-corrected chi connectivity index (χ4v) is 1.68. The van der Waals surface area contributed by atoms with Crippen molar-refractivity contribution in [1.29, 1.82) is 0 Å². The largest absolute Gasteiger partial charge is 0.494 e. The van der Waals surface area contributed by atoms with Gasteiger partial charge in [0, 0.05) is 12.6 Å². The molecule has 1 rings (SSSR count). The highest BCUT2D eigenvalue weighted by atomic mass is 16.5. The Hall–Kier alpha value is -1.06. The minimum atomic E-state index is 0.242. The lowest BCUT2D eigenvalue weighted by Gasteiger charge is -2.10. The summed E-state index contributed by atoms with van der Waals surface area (Å²) < 4.78 is 5.59. The maximum atomic E-state index is 8.66. The highest BCUT2D eigenvalue weighted by molar-refractivity contribution is 5.27. The van der Waals surface area contributed by atoms with Gasteiger partial charge in [-0.1, -0.05) is 12.1 Å². The molecule has 3 nitrogen and oxygen atoms in total. The number of nitrogens with one attached hydrogen (secondary N) is 1. The van der Waals surface area contributed by atoms with Crippen molar-refractivity contribution in [3.05, 3.63) is 29.8 Å². The van der Waals surface area contributed by atoms with Gasteiger partial charge in [-0.05, 0) is 57.4 Å². The van der Waals surface area contributed by atoms with Crippen LogP contribution >= 0.6 is 0 Å². The van der Waals surface area contributed by atoms with Gasteiger partial charge >= 0.3 is 0 Å². The average molecular weight is 251 g/mol. The number of hydrogen-bond donors (Lipinski definition) is 2. The van der Waals surface area contributed by atoms with Crippen LogP contribution in [0.25, 0.3) is 0 Å². The normalized spacial score (nSPS) is 12.4. The molecule has 2 N–H and O–H groups in total. The van der Waals surface area contributed by atoms with Gasteiger partial charge in [0.15, 0.2) is 0 Å². The average Bonchev–Trinajstić information content (AvgIpc) is 2.42. The molecule has 1 aromatic carbocycles. The second kappa shape index (κ2) is 8.95. The Labute approximate surface area is 110 Å². The van der Waals surface area contributed by atoms with E-state index in [-0.39, 0.29) is 6.61 Å². The molecule has 3 heteroatoms. The molecule has 1 unspecified atom stereocenters. The molecule has 0 bridgehead atoms. The van der Waals surface area contributed by atoms with Crippen LogP contribution in [0.3, 0.4) is 0 Å². The van der Waals surface area contributed by atoms with Gasteiger partial charge in [0.25, 0.3) is 0 Å². The van der Waals surface area contributed by atoms with Crippen LogP contribution < -0.4 is 10.1 Å². The van der Waals surface area contributed by atoms with Crippen molar-refractivity contribution in [2.75, 3.05) is 20.3 Å². The number of benzene rings is 1. The first-order chi connectivity index (χ1) is 8.76. The highest BCUT2D eigenvalue weighted by Crippen LogP contribution is 2.14. The summed E-state index contributed by atoms with van der Waals surface area (Å²) in [6.45, 7) is 3.11. The summed E-state index contributed by atoms with van der Waals surface area (Å²) in [4.78, 5) is 0. The Morgan fingerprint density at radius 1 is 1.22 bits per heavy atom. The molecule has 0 fully saturated rings. The Morgan fingerprint density at radius 3 is 2.56 bits per heavy atom. The molecule has 102 valence electrons. The molecule has 0 saturated carbocycles. The summed E-state index contributed by atoms with van der Waals surface area (Å²) >= 11 is 0. The molecule has 1 aromatic rings. The van der Waals surface area contributed by atoms with Crippen molar-refractivity contribution in [2.24, 2.45) is 0 Å². The van der Waals surface area contributed by atoms with E-state index in [1.54, 1.807) is 0 Å². The van der Waals surface area contributed by atoms with Gasteiger partial charge < -0.3 is 15.2 Å². The SMILES string of the molecule is CNC(C)CCc1ccc(OCCCCO)cc1. The minimum Gasteiger partial charge on any atom is -0.494 e. The standard InChI is InChI=1S/C15H25NO2/c1-13(16-2)5-6-14-7-9-15(10-8-14)18-12-4-3-11-17/h7-10,13,16-17H,3-6,11-12H2,1-2H3. The van der Waals surface area contributed by atoms with Crippen LogP contribution in [-0.2, 0) is 6.42 Å². The molecule has 0 aliphatic rings. The molecule has 1 atom stereocenters. The topological polar surface area (TPSA) is 41.5 Å². The van der Waals surface area contributed by atoms with E-state index < -0.39 is 0 Å². The molecule has 0 aromatic heterocycles. The molecule has 0 aliphatic carbocycles. The monoisotopic (exact) mass is 251 g/mol. The lowest BCUT2D eigenvalue weighted by molar-refractivity contribution is 0.253. The molecular weight excluding hydrogens is 226 g/mol. The van der Waals surface area contributed by atoms with Crippen LogP contribution in [0.15, 0.2) is 24.3 Å². The summed E-state index contributed by atoms with van der Waals surface area (Å²) in [6.07, 6.45) is 3.94. The Kier molecular flexibility index (Phi) is 7.46. The first-order valence-corrected chi connectivity index (χ1v) is 6.76. The number of unbranched alkanes of at least 4 members (excludes halogenated alkanes) is 1. The summed E-state index contributed by atoms with van der Waals surface area (Å²) in [5, 5.41) is 11.9. The van der Waals surface area contributed by atoms with E-state index in [9.17, 15) is 0 Å². The van der Waals surface area contributed by atoms with Crippen molar-refractivity contribution < 1.29 is 9.84 Å². The van der Waals surface area contributed by atoms with Crippen LogP contribution in [0.4, 0.5) is 0 Å². The fraction of sp³-hybridized carbons (Fsp3) is 0.600. The fourth-order valence-electron chi connectivity index (χ4n) is 1.68. The number of aliphatic hydroxyl groups excluding tert-OH is 1. The summed E-state index contributed by atoms with van der Waals surface area (Å²) in [5.74, 6) is 0.915. The van der Waals surface area contributed by atoms with Gasteiger partial charge in [-0.25, -0.2) is 0 Å². The van der Waals surface area contributed by atoms with Crippen LogP contribution in [-0.4, -0.2) is 31.4 Å². The lowest BCUT2D eigenvalue weighted by Crippen LogP contribution is -2.21. The van der Waals surface area contributed by atoms with E-state index in [4.69, 9.17) is 9.84 Å². The highest BCUT2D eigenvalue weighted by Gasteiger charge is 2.00.